The molecular weight excluding hydrogens is 393 g/mol. The molecule has 0 bridgehead atoms. The second kappa shape index (κ2) is 5.63. The van der Waals surface area contributed by atoms with Crippen LogP contribution < -0.4 is 4.72 Å². The Kier molecular flexibility index (Phi) is 3.76. The summed E-state index contributed by atoms with van der Waals surface area (Å²) in [4.78, 5) is 26.3. The minimum Gasteiger partial charge on any atom is -0.334 e. The van der Waals surface area contributed by atoms with E-state index in [1.54, 1.807) is 0 Å². The first-order valence-corrected chi connectivity index (χ1v) is 9.91. The Bertz CT molecular complexity index is 1020. The van der Waals surface area contributed by atoms with Crippen molar-refractivity contribution in [1.29, 1.82) is 0 Å². The first-order valence-electron chi connectivity index (χ1n) is 7.28. The van der Waals surface area contributed by atoms with E-state index in [0.29, 0.717) is 10.1 Å². The van der Waals surface area contributed by atoms with Crippen molar-refractivity contribution in [3.05, 3.63) is 33.9 Å². The zero-order chi connectivity index (χ0) is 17.9. The molecule has 4 rings (SSSR count). The number of hydrogen-bond acceptors (Lipinski definition) is 5. The van der Waals surface area contributed by atoms with Gasteiger partial charge in [-0.3, -0.25) is 9.59 Å². The highest BCUT2D eigenvalue weighted by molar-refractivity contribution is 7.88. The fourth-order valence-corrected chi connectivity index (χ4v) is 5.86. The molecule has 1 aromatic heterocycles. The summed E-state index contributed by atoms with van der Waals surface area (Å²) in [7, 11) is -3.81. The van der Waals surface area contributed by atoms with Crippen LogP contribution in [-0.2, 0) is 15.0 Å². The number of benzene rings is 1. The number of fused-ring (bicyclic) bond motifs is 2. The number of halogens is 2. The quantitative estimate of drug-likeness (QED) is 0.775. The second-order valence-electron chi connectivity index (χ2n) is 5.73. The van der Waals surface area contributed by atoms with E-state index in [0.717, 1.165) is 15.6 Å². The summed E-state index contributed by atoms with van der Waals surface area (Å²) in [6, 6.07) is 3.14. The number of rotatable bonds is 1. The van der Waals surface area contributed by atoms with Gasteiger partial charge in [-0.1, -0.05) is 11.6 Å². The van der Waals surface area contributed by atoms with Gasteiger partial charge in [0.25, 0.3) is 11.8 Å². The minimum absolute atomic E-state index is 0.0224. The van der Waals surface area contributed by atoms with Crippen molar-refractivity contribution in [2.24, 2.45) is 0 Å². The summed E-state index contributed by atoms with van der Waals surface area (Å²) in [6.45, 7) is 0.111. The van der Waals surface area contributed by atoms with Crippen molar-refractivity contribution in [3.8, 4) is 0 Å². The van der Waals surface area contributed by atoms with E-state index in [1.165, 1.54) is 23.1 Å². The van der Waals surface area contributed by atoms with Gasteiger partial charge in [0.1, 0.15) is 16.7 Å². The Morgan fingerprint density at radius 3 is 2.88 bits per heavy atom. The largest absolute Gasteiger partial charge is 0.334 e. The highest BCUT2D eigenvalue weighted by Crippen LogP contribution is 2.37. The minimum atomic E-state index is -3.81. The third-order valence-electron chi connectivity index (χ3n) is 4.25. The number of carbonyl (C=O) groups is 2. The summed E-state index contributed by atoms with van der Waals surface area (Å²) in [5.74, 6) is -1.48. The monoisotopic (exact) mass is 403 g/mol. The van der Waals surface area contributed by atoms with E-state index >= 15 is 0 Å². The van der Waals surface area contributed by atoms with Crippen molar-refractivity contribution in [2.45, 2.75) is 6.04 Å². The van der Waals surface area contributed by atoms with Gasteiger partial charge in [0.15, 0.2) is 0 Å². The van der Waals surface area contributed by atoms with Crippen LogP contribution in [0.3, 0.4) is 0 Å². The summed E-state index contributed by atoms with van der Waals surface area (Å²) >= 11 is 7.33. The molecule has 2 amide bonds. The van der Waals surface area contributed by atoms with Crippen LogP contribution in [0.5, 0.6) is 0 Å². The van der Waals surface area contributed by atoms with Crippen LogP contribution in [0.1, 0.15) is 9.67 Å². The number of carbonyl (C=O) groups excluding carboxylic acids is 2. The van der Waals surface area contributed by atoms with Crippen molar-refractivity contribution < 1.29 is 22.4 Å². The molecule has 2 aliphatic heterocycles. The van der Waals surface area contributed by atoms with E-state index in [2.05, 4.69) is 0 Å². The molecular formula is C14H11ClFN3O4S2. The van der Waals surface area contributed by atoms with Crippen LogP contribution in [-0.4, -0.2) is 55.1 Å². The Balaban J connectivity index is 1.64. The average molecular weight is 404 g/mol. The lowest BCUT2D eigenvalue weighted by molar-refractivity contribution is -0.122. The molecule has 0 radical (unpaired) electrons. The molecule has 2 aromatic rings. The molecule has 1 aromatic carbocycles. The molecule has 1 atom stereocenters. The topological polar surface area (TPSA) is 86.8 Å². The Labute approximate surface area is 151 Å². The third-order valence-corrected chi connectivity index (χ3v) is 7.40. The molecule has 0 saturated carbocycles. The molecule has 2 saturated heterocycles. The molecule has 11 heteroatoms. The first-order chi connectivity index (χ1) is 11.8. The number of thiophene rings is 1. The van der Waals surface area contributed by atoms with Gasteiger partial charge >= 0.3 is 10.2 Å². The van der Waals surface area contributed by atoms with E-state index in [9.17, 15) is 22.4 Å². The van der Waals surface area contributed by atoms with Gasteiger partial charge < -0.3 is 4.90 Å². The standard InChI is InChI=1S/C14H11ClFN3O4S2/c15-11-8-2-1-7(16)5-10(8)24-12(11)14(21)18-3-4-19-9(6-18)13(20)17-25(19,22)23/h1-2,5,9H,3-4,6H2,(H,17,20). The van der Waals surface area contributed by atoms with Crippen LogP contribution in [0.4, 0.5) is 4.39 Å². The van der Waals surface area contributed by atoms with Crippen LogP contribution in [0.2, 0.25) is 5.02 Å². The van der Waals surface area contributed by atoms with Gasteiger partial charge in [0.2, 0.25) is 0 Å². The van der Waals surface area contributed by atoms with Gasteiger partial charge in [-0.25, -0.2) is 9.11 Å². The molecule has 7 nitrogen and oxygen atoms in total. The lowest BCUT2D eigenvalue weighted by Gasteiger charge is -2.33. The van der Waals surface area contributed by atoms with Crippen LogP contribution >= 0.6 is 22.9 Å². The fourth-order valence-electron chi connectivity index (χ4n) is 3.03. The van der Waals surface area contributed by atoms with Gasteiger partial charge in [-0.05, 0) is 18.2 Å². The maximum atomic E-state index is 13.4. The van der Waals surface area contributed by atoms with E-state index in [1.807, 2.05) is 4.72 Å². The molecule has 2 fully saturated rings. The van der Waals surface area contributed by atoms with Crippen LogP contribution in [0.15, 0.2) is 18.2 Å². The number of hydrogen-bond donors (Lipinski definition) is 1. The number of piperazine rings is 1. The van der Waals surface area contributed by atoms with Crippen molar-refractivity contribution >= 4 is 55.0 Å². The SMILES string of the molecule is O=C1NS(=O)(=O)N2CCN(C(=O)c3sc4cc(F)ccc4c3Cl)CC12. The molecule has 2 aliphatic rings. The summed E-state index contributed by atoms with van der Waals surface area (Å²) in [5, 5.41) is 0.812. The van der Waals surface area contributed by atoms with Gasteiger partial charge in [-0.2, -0.15) is 12.7 Å². The third kappa shape index (κ3) is 2.60. The van der Waals surface area contributed by atoms with Gasteiger partial charge in [0, 0.05) is 29.7 Å². The normalized spacial score (nSPS) is 22.9. The summed E-state index contributed by atoms with van der Waals surface area (Å²) < 4.78 is 40.5. The molecule has 0 spiro atoms. The maximum absolute atomic E-state index is 13.4. The number of amides is 2. The lowest BCUT2D eigenvalue weighted by Crippen LogP contribution is -2.54. The Hall–Kier alpha value is -1.75. The van der Waals surface area contributed by atoms with E-state index in [4.69, 9.17) is 11.6 Å². The fraction of sp³-hybridized carbons (Fsp3) is 0.286. The van der Waals surface area contributed by atoms with Crippen molar-refractivity contribution in [3.63, 3.8) is 0 Å². The molecule has 132 valence electrons. The van der Waals surface area contributed by atoms with Crippen molar-refractivity contribution in [2.75, 3.05) is 19.6 Å². The van der Waals surface area contributed by atoms with Crippen LogP contribution in [0, 0.1) is 5.82 Å². The van der Waals surface area contributed by atoms with Gasteiger partial charge in [0.05, 0.1) is 5.02 Å². The van der Waals surface area contributed by atoms with Gasteiger partial charge in [-0.15, -0.1) is 11.3 Å². The van der Waals surface area contributed by atoms with Crippen LogP contribution in [0.25, 0.3) is 10.1 Å². The van der Waals surface area contributed by atoms with Crippen molar-refractivity contribution in [1.82, 2.24) is 13.9 Å². The molecule has 0 aliphatic carbocycles. The zero-order valence-electron chi connectivity index (χ0n) is 12.5. The second-order valence-corrected chi connectivity index (χ2v) is 8.79. The highest BCUT2D eigenvalue weighted by Gasteiger charge is 2.47. The number of nitrogens with zero attached hydrogens (tertiary/aromatic N) is 2. The predicted molar refractivity (Wildman–Crippen MR) is 90.3 cm³/mol. The maximum Gasteiger partial charge on any atom is 0.304 e. The Morgan fingerprint density at radius 2 is 2.12 bits per heavy atom. The molecule has 1 N–H and O–H groups in total. The molecule has 3 heterocycles. The molecule has 1 unspecified atom stereocenters. The predicted octanol–water partition coefficient (Wildman–Crippen LogP) is 1.19. The average Bonchev–Trinajstić information content (AvgIpc) is 3.00. The first kappa shape index (κ1) is 16.7. The summed E-state index contributed by atoms with van der Waals surface area (Å²) in [5.41, 5.74) is 0. The lowest BCUT2D eigenvalue weighted by atomic mass is 10.2. The number of nitrogens with one attached hydrogen (secondary N) is 1. The van der Waals surface area contributed by atoms with E-state index < -0.39 is 33.9 Å². The molecule has 25 heavy (non-hydrogen) atoms. The highest BCUT2D eigenvalue weighted by atomic mass is 35.5. The Morgan fingerprint density at radius 1 is 1.36 bits per heavy atom. The zero-order valence-corrected chi connectivity index (χ0v) is 14.9. The smallest absolute Gasteiger partial charge is 0.304 e. The van der Waals surface area contributed by atoms with E-state index in [-0.39, 0.29) is 29.5 Å². The summed E-state index contributed by atoms with van der Waals surface area (Å²) in [6.07, 6.45) is 0.